The van der Waals surface area contributed by atoms with E-state index in [1.165, 1.54) is 0 Å². The molecule has 2 heterocycles. The van der Waals surface area contributed by atoms with E-state index in [1.54, 1.807) is 4.90 Å². The van der Waals surface area contributed by atoms with Crippen molar-refractivity contribution in [3.05, 3.63) is 23.9 Å². The zero-order valence-electron chi connectivity index (χ0n) is 14.7. The second-order valence-corrected chi connectivity index (χ2v) is 6.47. The number of alkyl halides is 3. The van der Waals surface area contributed by atoms with E-state index in [9.17, 15) is 18.0 Å². The van der Waals surface area contributed by atoms with E-state index in [2.05, 4.69) is 18.8 Å². The lowest BCUT2D eigenvalue weighted by Gasteiger charge is -2.23. The van der Waals surface area contributed by atoms with Crippen molar-refractivity contribution < 1.29 is 22.7 Å². The molecule has 0 spiro atoms. The average Bonchev–Trinajstić information content (AvgIpc) is 3.02. The first-order chi connectivity index (χ1) is 11.8. The fourth-order valence-electron chi connectivity index (χ4n) is 3.19. The highest BCUT2D eigenvalue weighted by atomic mass is 19.4. The van der Waals surface area contributed by atoms with Crippen molar-refractivity contribution in [3.8, 4) is 5.88 Å². The van der Waals surface area contributed by atoms with Crippen LogP contribution in [-0.4, -0.2) is 35.0 Å². The lowest BCUT2D eigenvalue weighted by molar-refractivity contribution is -0.137. The highest BCUT2D eigenvalue weighted by molar-refractivity contribution is 5.79. The summed E-state index contributed by atoms with van der Waals surface area (Å²) in [6, 6.07) is 1.82. The number of pyridine rings is 1. The molecule has 1 fully saturated rings. The van der Waals surface area contributed by atoms with Gasteiger partial charge in [0.2, 0.25) is 11.8 Å². The van der Waals surface area contributed by atoms with Crippen molar-refractivity contribution in [1.82, 2.24) is 9.88 Å². The molecule has 1 atom stereocenters. The summed E-state index contributed by atoms with van der Waals surface area (Å²) in [5, 5.41) is 0. The molecule has 1 aliphatic rings. The van der Waals surface area contributed by atoms with Crippen LogP contribution in [-0.2, 0) is 11.0 Å². The quantitative estimate of drug-likeness (QED) is 0.730. The summed E-state index contributed by atoms with van der Waals surface area (Å²) in [6.45, 7) is 5.10. The van der Waals surface area contributed by atoms with Gasteiger partial charge in [-0.1, -0.05) is 26.7 Å². The first kappa shape index (κ1) is 19.5. The molecule has 140 valence electrons. The van der Waals surface area contributed by atoms with Gasteiger partial charge >= 0.3 is 6.18 Å². The maximum absolute atomic E-state index is 12.7. The number of carbonyl (C=O) groups is 1. The maximum Gasteiger partial charge on any atom is 0.416 e. The summed E-state index contributed by atoms with van der Waals surface area (Å²) in [6.07, 6.45) is 0.601. The van der Waals surface area contributed by atoms with E-state index < -0.39 is 11.7 Å². The highest BCUT2D eigenvalue weighted by Crippen LogP contribution is 2.31. The Morgan fingerprint density at radius 1 is 1.36 bits per heavy atom. The largest absolute Gasteiger partial charge is 0.472 e. The van der Waals surface area contributed by atoms with E-state index >= 15 is 0 Å². The van der Waals surface area contributed by atoms with Crippen molar-refractivity contribution in [2.75, 3.05) is 13.1 Å². The summed E-state index contributed by atoms with van der Waals surface area (Å²) in [5.74, 6) is 0.111. The zero-order valence-corrected chi connectivity index (χ0v) is 14.7. The van der Waals surface area contributed by atoms with Crippen molar-refractivity contribution in [3.63, 3.8) is 0 Å². The van der Waals surface area contributed by atoms with Crippen LogP contribution < -0.4 is 4.74 Å². The van der Waals surface area contributed by atoms with Gasteiger partial charge in [-0.25, -0.2) is 4.98 Å². The Hall–Kier alpha value is -1.79. The Kier molecular flexibility index (Phi) is 6.67. The molecule has 1 aromatic heterocycles. The topological polar surface area (TPSA) is 42.4 Å². The van der Waals surface area contributed by atoms with E-state index in [1.807, 2.05) is 0 Å². The Labute approximate surface area is 146 Å². The van der Waals surface area contributed by atoms with Crippen LogP contribution in [0.2, 0.25) is 0 Å². The summed E-state index contributed by atoms with van der Waals surface area (Å²) >= 11 is 0. The van der Waals surface area contributed by atoms with Crippen LogP contribution in [0.3, 0.4) is 0 Å². The van der Waals surface area contributed by atoms with E-state index in [0.29, 0.717) is 19.5 Å². The first-order valence-corrected chi connectivity index (χ1v) is 8.83. The lowest BCUT2D eigenvalue weighted by atomic mass is 9.97. The second-order valence-electron chi connectivity index (χ2n) is 6.47. The van der Waals surface area contributed by atoms with Crippen LogP contribution in [0.25, 0.3) is 0 Å². The maximum atomic E-state index is 12.7. The molecule has 1 aliphatic heterocycles. The zero-order chi connectivity index (χ0) is 18.4. The van der Waals surface area contributed by atoms with Gasteiger partial charge in [-0.15, -0.1) is 0 Å². The van der Waals surface area contributed by atoms with Gasteiger partial charge in [-0.2, -0.15) is 13.2 Å². The predicted molar refractivity (Wildman–Crippen MR) is 88.2 cm³/mol. The minimum Gasteiger partial charge on any atom is -0.472 e. The fraction of sp³-hybridized carbons (Fsp3) is 0.667. The first-order valence-electron chi connectivity index (χ1n) is 8.83. The molecule has 1 amide bonds. The van der Waals surface area contributed by atoms with Crippen molar-refractivity contribution in [1.29, 1.82) is 0 Å². The molecule has 0 N–H and O–H groups in total. The second kappa shape index (κ2) is 8.54. The van der Waals surface area contributed by atoms with Gasteiger partial charge in [0.25, 0.3) is 0 Å². The Balaban J connectivity index is 1.95. The average molecular weight is 358 g/mol. The molecule has 0 bridgehead atoms. The molecule has 0 aromatic carbocycles. The van der Waals surface area contributed by atoms with Crippen LogP contribution in [0.4, 0.5) is 13.2 Å². The van der Waals surface area contributed by atoms with E-state index in [0.717, 1.165) is 44.0 Å². The summed E-state index contributed by atoms with van der Waals surface area (Å²) in [7, 11) is 0. The molecule has 1 aromatic rings. The molecule has 1 unspecified atom stereocenters. The van der Waals surface area contributed by atoms with Crippen LogP contribution in [0.1, 0.15) is 51.5 Å². The summed E-state index contributed by atoms with van der Waals surface area (Å²) in [4.78, 5) is 18.2. The lowest BCUT2D eigenvalue weighted by Crippen LogP contribution is -2.35. The van der Waals surface area contributed by atoms with Crippen molar-refractivity contribution in [2.45, 2.75) is 58.2 Å². The molecule has 0 radical (unpaired) electrons. The minimum absolute atomic E-state index is 0.0282. The summed E-state index contributed by atoms with van der Waals surface area (Å²) < 4.78 is 43.8. The third kappa shape index (κ3) is 5.34. The van der Waals surface area contributed by atoms with Crippen molar-refractivity contribution >= 4 is 5.91 Å². The number of aromatic nitrogens is 1. The number of rotatable bonds is 7. The van der Waals surface area contributed by atoms with Gasteiger partial charge in [0.05, 0.1) is 12.1 Å². The number of amides is 1. The summed E-state index contributed by atoms with van der Waals surface area (Å²) in [5.41, 5.74) is -0.783. The molecule has 1 saturated heterocycles. The molecular weight excluding hydrogens is 333 g/mol. The third-order valence-corrected chi connectivity index (χ3v) is 4.43. The Bertz CT molecular complexity index is 572. The number of carbonyl (C=O) groups excluding carboxylic acids is 1. The Morgan fingerprint density at radius 2 is 2.04 bits per heavy atom. The molecule has 0 saturated carbocycles. The van der Waals surface area contributed by atoms with Gasteiger partial charge in [0, 0.05) is 31.1 Å². The van der Waals surface area contributed by atoms with Gasteiger partial charge in [-0.05, 0) is 18.9 Å². The molecule has 0 aliphatic carbocycles. The predicted octanol–water partition coefficient (Wildman–Crippen LogP) is 4.30. The van der Waals surface area contributed by atoms with Gasteiger partial charge in [0.1, 0.15) is 6.10 Å². The fourth-order valence-corrected chi connectivity index (χ4v) is 3.19. The van der Waals surface area contributed by atoms with Gasteiger partial charge in [-0.3, -0.25) is 4.79 Å². The number of hydrogen-bond acceptors (Lipinski definition) is 3. The molecular formula is C18H25F3N2O2. The molecule has 25 heavy (non-hydrogen) atoms. The standard InChI is InChI=1S/C18H25F3N2O2/c1-3-5-13(6-4-2)17(24)23-10-8-15(12-23)25-16-11-14(7-9-22-16)18(19,20)21/h7,9,11,13,15H,3-6,8,10,12H2,1-2H3. The Morgan fingerprint density at radius 3 is 2.64 bits per heavy atom. The SMILES string of the molecule is CCCC(CCC)C(=O)N1CCC(Oc2cc(C(F)(F)F)ccn2)C1. The molecule has 7 heteroatoms. The normalized spacial score (nSPS) is 18.0. The van der Waals surface area contributed by atoms with Crippen LogP contribution in [0.5, 0.6) is 5.88 Å². The number of halogens is 3. The third-order valence-electron chi connectivity index (χ3n) is 4.43. The van der Waals surface area contributed by atoms with Gasteiger partial charge < -0.3 is 9.64 Å². The van der Waals surface area contributed by atoms with E-state index in [4.69, 9.17) is 4.74 Å². The number of ether oxygens (including phenoxy) is 1. The van der Waals surface area contributed by atoms with Crippen LogP contribution in [0.15, 0.2) is 18.3 Å². The van der Waals surface area contributed by atoms with Crippen molar-refractivity contribution in [2.24, 2.45) is 5.92 Å². The van der Waals surface area contributed by atoms with Gasteiger partial charge in [0.15, 0.2) is 0 Å². The number of likely N-dealkylation sites (tertiary alicyclic amines) is 1. The number of nitrogens with zero attached hydrogens (tertiary/aromatic N) is 2. The monoisotopic (exact) mass is 358 g/mol. The highest BCUT2D eigenvalue weighted by Gasteiger charge is 2.33. The molecule has 2 rings (SSSR count). The van der Waals surface area contributed by atoms with Crippen LogP contribution >= 0.6 is 0 Å². The molecule has 4 nitrogen and oxygen atoms in total. The minimum atomic E-state index is -4.42. The van der Waals surface area contributed by atoms with Crippen LogP contribution in [0, 0.1) is 5.92 Å². The smallest absolute Gasteiger partial charge is 0.416 e. The van der Waals surface area contributed by atoms with E-state index in [-0.39, 0.29) is 23.8 Å². The number of hydrogen-bond donors (Lipinski definition) is 0.